The van der Waals surface area contributed by atoms with Crippen LogP contribution in [0, 0.1) is 0 Å². The van der Waals surface area contributed by atoms with E-state index in [4.69, 9.17) is 0 Å². The number of nitrogens with one attached hydrogen (secondary N) is 1. The van der Waals surface area contributed by atoms with Crippen LogP contribution in [0.2, 0.25) is 0 Å². The predicted octanol–water partition coefficient (Wildman–Crippen LogP) is 6.20. The summed E-state index contributed by atoms with van der Waals surface area (Å²) < 4.78 is 40.4. The Morgan fingerprint density at radius 1 is 1.03 bits per heavy atom. The van der Waals surface area contributed by atoms with E-state index < -0.39 is 23.7 Å². The van der Waals surface area contributed by atoms with Crippen LogP contribution in [0.25, 0.3) is 0 Å². The molecule has 1 saturated carbocycles. The summed E-state index contributed by atoms with van der Waals surface area (Å²) in [6.07, 6.45) is -0.826. The molecular weight excluding hydrogens is 469 g/mol. The van der Waals surface area contributed by atoms with Gasteiger partial charge in [-0.3, -0.25) is 14.5 Å². The number of benzene rings is 1. The minimum atomic E-state index is -4.57. The molecule has 0 spiro atoms. The molecule has 2 amide bonds. The average molecular weight is 493 g/mol. The van der Waals surface area contributed by atoms with Gasteiger partial charge in [0.2, 0.25) is 11.8 Å². The zero-order valence-electron chi connectivity index (χ0n) is 17.7. The molecule has 1 N–H and O–H groups in total. The molecule has 1 atom stereocenters. The van der Waals surface area contributed by atoms with E-state index in [1.807, 2.05) is 11.4 Å². The first kappa shape index (κ1) is 23.5. The summed E-state index contributed by atoms with van der Waals surface area (Å²) in [7, 11) is 0. The van der Waals surface area contributed by atoms with Gasteiger partial charge in [0.1, 0.15) is 6.04 Å². The second-order valence-corrected chi connectivity index (χ2v) is 9.99. The van der Waals surface area contributed by atoms with Gasteiger partial charge in [0, 0.05) is 21.5 Å². The number of anilines is 1. The first-order valence-electron chi connectivity index (χ1n) is 10.7. The Balaban J connectivity index is 1.76. The smallest absolute Gasteiger partial charge is 0.351 e. The number of alkyl halides is 3. The van der Waals surface area contributed by atoms with Crippen molar-refractivity contribution in [1.82, 2.24) is 5.32 Å². The number of amides is 2. The molecule has 174 valence electrons. The Bertz CT molecular complexity index is 1080. The lowest BCUT2D eigenvalue weighted by molar-refractivity contribution is -0.137. The maximum atomic E-state index is 13.5. The largest absolute Gasteiger partial charge is 0.416 e. The lowest BCUT2D eigenvalue weighted by Gasteiger charge is -2.32. The van der Waals surface area contributed by atoms with Crippen molar-refractivity contribution in [2.24, 2.45) is 0 Å². The van der Waals surface area contributed by atoms with Crippen molar-refractivity contribution in [1.29, 1.82) is 0 Å². The SMILES string of the molecule is O=C(NC1CCCC1)C(c1cccs1)N(C(=O)Cc1cccs1)c1cccc(C(F)(F)F)c1. The quantitative estimate of drug-likeness (QED) is 0.427. The molecule has 0 saturated heterocycles. The molecule has 0 bridgehead atoms. The Labute approximate surface area is 198 Å². The van der Waals surface area contributed by atoms with Crippen molar-refractivity contribution in [3.63, 3.8) is 0 Å². The van der Waals surface area contributed by atoms with Crippen LogP contribution in [-0.4, -0.2) is 17.9 Å². The van der Waals surface area contributed by atoms with Crippen molar-refractivity contribution >= 4 is 40.2 Å². The van der Waals surface area contributed by atoms with Gasteiger partial charge in [0.05, 0.1) is 12.0 Å². The molecule has 2 heterocycles. The molecule has 1 aromatic carbocycles. The number of hydrogen-bond acceptors (Lipinski definition) is 4. The fourth-order valence-electron chi connectivity index (χ4n) is 4.09. The second kappa shape index (κ2) is 10.1. The van der Waals surface area contributed by atoms with Gasteiger partial charge in [0.25, 0.3) is 0 Å². The number of rotatable bonds is 7. The first-order valence-corrected chi connectivity index (χ1v) is 12.4. The fourth-order valence-corrected chi connectivity index (χ4v) is 5.60. The monoisotopic (exact) mass is 492 g/mol. The van der Waals surface area contributed by atoms with Crippen LogP contribution in [0.5, 0.6) is 0 Å². The van der Waals surface area contributed by atoms with E-state index in [1.165, 1.54) is 39.7 Å². The summed E-state index contributed by atoms with van der Waals surface area (Å²) in [5.74, 6) is -0.807. The summed E-state index contributed by atoms with van der Waals surface area (Å²) in [6, 6.07) is 10.7. The van der Waals surface area contributed by atoms with Crippen LogP contribution in [0.4, 0.5) is 18.9 Å². The number of hydrogen-bond donors (Lipinski definition) is 1. The second-order valence-electron chi connectivity index (χ2n) is 7.98. The van der Waals surface area contributed by atoms with Gasteiger partial charge in [-0.1, -0.05) is 31.0 Å². The third-order valence-electron chi connectivity index (χ3n) is 5.65. The topological polar surface area (TPSA) is 49.4 Å². The number of halogens is 3. The maximum Gasteiger partial charge on any atom is 0.416 e. The predicted molar refractivity (Wildman–Crippen MR) is 124 cm³/mol. The van der Waals surface area contributed by atoms with Crippen LogP contribution in [0.15, 0.2) is 59.3 Å². The Morgan fingerprint density at radius 2 is 1.76 bits per heavy atom. The number of thiophene rings is 2. The summed E-state index contributed by atoms with van der Waals surface area (Å²) in [5.41, 5.74) is -0.818. The molecule has 3 aromatic rings. The Kier molecular flexibility index (Phi) is 7.19. The van der Waals surface area contributed by atoms with Gasteiger partial charge in [-0.2, -0.15) is 13.2 Å². The first-order chi connectivity index (χ1) is 15.8. The lowest BCUT2D eigenvalue weighted by Crippen LogP contribution is -2.46. The van der Waals surface area contributed by atoms with Gasteiger partial charge in [-0.25, -0.2) is 0 Å². The zero-order valence-corrected chi connectivity index (χ0v) is 19.3. The van der Waals surface area contributed by atoms with Crippen molar-refractivity contribution in [3.05, 3.63) is 74.6 Å². The maximum absolute atomic E-state index is 13.5. The third-order valence-corrected chi connectivity index (χ3v) is 7.45. The van der Waals surface area contributed by atoms with E-state index >= 15 is 0 Å². The lowest BCUT2D eigenvalue weighted by atomic mass is 10.1. The van der Waals surface area contributed by atoms with Crippen LogP contribution in [0.1, 0.15) is 47.0 Å². The highest BCUT2D eigenvalue weighted by molar-refractivity contribution is 7.10. The van der Waals surface area contributed by atoms with E-state index in [0.717, 1.165) is 42.7 Å². The van der Waals surface area contributed by atoms with Crippen LogP contribution in [-0.2, 0) is 22.2 Å². The number of carbonyl (C=O) groups excluding carboxylic acids is 2. The average Bonchev–Trinajstić information content (AvgIpc) is 3.55. The van der Waals surface area contributed by atoms with E-state index in [0.29, 0.717) is 4.88 Å². The molecule has 4 rings (SSSR count). The highest BCUT2D eigenvalue weighted by atomic mass is 32.1. The minimum Gasteiger partial charge on any atom is -0.351 e. The molecular formula is C24H23F3N2O2S2. The normalized spacial score (nSPS) is 15.4. The van der Waals surface area contributed by atoms with E-state index in [-0.39, 0.29) is 24.1 Å². The Hall–Kier alpha value is -2.65. The zero-order chi connectivity index (χ0) is 23.4. The van der Waals surface area contributed by atoms with Crippen molar-refractivity contribution in [3.8, 4) is 0 Å². The molecule has 0 aliphatic heterocycles. The van der Waals surface area contributed by atoms with Crippen LogP contribution in [0.3, 0.4) is 0 Å². The highest BCUT2D eigenvalue weighted by Gasteiger charge is 2.37. The van der Waals surface area contributed by atoms with Gasteiger partial charge in [0.15, 0.2) is 0 Å². The molecule has 0 radical (unpaired) electrons. The van der Waals surface area contributed by atoms with Gasteiger partial charge < -0.3 is 5.32 Å². The Morgan fingerprint density at radius 3 is 2.39 bits per heavy atom. The third kappa shape index (κ3) is 5.65. The summed E-state index contributed by atoms with van der Waals surface area (Å²) in [4.78, 5) is 29.6. The summed E-state index contributed by atoms with van der Waals surface area (Å²) in [5, 5.41) is 6.66. The van der Waals surface area contributed by atoms with Gasteiger partial charge in [-0.15, -0.1) is 22.7 Å². The fraction of sp³-hybridized carbons (Fsp3) is 0.333. The molecule has 1 aliphatic rings. The van der Waals surface area contributed by atoms with E-state index in [2.05, 4.69) is 5.32 Å². The molecule has 1 aliphatic carbocycles. The molecule has 4 nitrogen and oxygen atoms in total. The molecule has 1 fully saturated rings. The standard InChI is InChI=1S/C24H23F3N2O2S2/c25-24(26,27)16-6-3-9-18(14-16)29(21(30)15-19-10-4-12-32-19)22(20-11-5-13-33-20)23(31)28-17-7-1-2-8-17/h3-6,9-14,17,22H,1-2,7-8,15H2,(H,28,31). The number of nitrogens with zero attached hydrogens (tertiary/aromatic N) is 1. The van der Waals surface area contributed by atoms with Gasteiger partial charge >= 0.3 is 6.18 Å². The van der Waals surface area contributed by atoms with E-state index in [1.54, 1.807) is 23.6 Å². The van der Waals surface area contributed by atoms with Crippen molar-refractivity contribution in [2.45, 2.75) is 50.4 Å². The summed E-state index contributed by atoms with van der Waals surface area (Å²) >= 11 is 2.69. The highest BCUT2D eigenvalue weighted by Crippen LogP contribution is 2.36. The van der Waals surface area contributed by atoms with Crippen molar-refractivity contribution in [2.75, 3.05) is 4.90 Å². The van der Waals surface area contributed by atoms with Crippen LogP contribution >= 0.6 is 22.7 Å². The van der Waals surface area contributed by atoms with Crippen molar-refractivity contribution < 1.29 is 22.8 Å². The number of carbonyl (C=O) groups is 2. The molecule has 2 aromatic heterocycles. The molecule has 1 unspecified atom stereocenters. The van der Waals surface area contributed by atoms with E-state index in [9.17, 15) is 22.8 Å². The molecule has 33 heavy (non-hydrogen) atoms. The molecule has 9 heteroatoms. The summed E-state index contributed by atoms with van der Waals surface area (Å²) in [6.45, 7) is 0. The van der Waals surface area contributed by atoms with Crippen LogP contribution < -0.4 is 10.2 Å². The minimum absolute atomic E-state index is 0.00744. The van der Waals surface area contributed by atoms with Gasteiger partial charge in [-0.05, 0) is 53.9 Å².